The molecule has 170 valence electrons. The zero-order chi connectivity index (χ0) is 22.8. The van der Waals surface area contributed by atoms with Gasteiger partial charge in [-0.1, -0.05) is 42.5 Å². The molecular weight excluding hydrogens is 444 g/mol. The molecule has 0 bridgehead atoms. The van der Waals surface area contributed by atoms with Crippen LogP contribution in [-0.2, 0) is 17.8 Å². The van der Waals surface area contributed by atoms with Gasteiger partial charge in [-0.15, -0.1) is 23.1 Å². The van der Waals surface area contributed by atoms with Crippen molar-refractivity contribution in [3.8, 4) is 10.4 Å². The topological polar surface area (TPSA) is 90.2 Å². The summed E-state index contributed by atoms with van der Waals surface area (Å²) in [7, 11) is 0. The van der Waals surface area contributed by atoms with E-state index in [1.54, 1.807) is 11.3 Å². The number of rotatable bonds is 6. The van der Waals surface area contributed by atoms with E-state index in [4.69, 9.17) is 4.74 Å². The second-order valence-corrected chi connectivity index (χ2v) is 10.2. The van der Waals surface area contributed by atoms with Crippen molar-refractivity contribution in [3.05, 3.63) is 81.7 Å². The van der Waals surface area contributed by atoms with Crippen LogP contribution in [0, 0.1) is 6.92 Å². The number of aliphatic hydroxyl groups is 4. The van der Waals surface area contributed by atoms with E-state index in [0.29, 0.717) is 0 Å². The van der Waals surface area contributed by atoms with Crippen LogP contribution in [0.4, 0.5) is 0 Å². The van der Waals surface area contributed by atoms with Crippen molar-refractivity contribution >= 4 is 23.1 Å². The summed E-state index contributed by atoms with van der Waals surface area (Å²) in [5, 5.41) is 40.2. The van der Waals surface area contributed by atoms with Gasteiger partial charge in [0.05, 0.1) is 6.61 Å². The van der Waals surface area contributed by atoms with Crippen LogP contribution >= 0.6 is 23.1 Å². The molecule has 5 nitrogen and oxygen atoms in total. The highest BCUT2D eigenvalue weighted by molar-refractivity contribution is 7.99. The van der Waals surface area contributed by atoms with Crippen molar-refractivity contribution in [2.24, 2.45) is 0 Å². The Morgan fingerprint density at radius 3 is 2.38 bits per heavy atom. The standard InChI is InChI=1S/C25H28O5S2/c1-14-3-6-17(24-22(28)21(27)23(29)25(30-24)31-2)11-18(14)12-19-9-10-20(32-19)16-7-4-15(13-26)5-8-16/h3-11,21-29H,12-13H2,1-2H3/t21-,22-,23+,24?,25-/m1/s1. The van der Waals surface area contributed by atoms with Crippen LogP contribution in [0.2, 0.25) is 0 Å². The molecule has 4 rings (SSSR count). The van der Waals surface area contributed by atoms with Crippen molar-refractivity contribution in [2.45, 2.75) is 49.8 Å². The smallest absolute Gasteiger partial charge is 0.132 e. The third-order valence-corrected chi connectivity index (χ3v) is 7.94. The summed E-state index contributed by atoms with van der Waals surface area (Å²) in [6.07, 6.45) is -1.72. The highest BCUT2D eigenvalue weighted by atomic mass is 32.2. The van der Waals surface area contributed by atoms with Crippen LogP contribution in [0.3, 0.4) is 0 Å². The minimum Gasteiger partial charge on any atom is -0.392 e. The Balaban J connectivity index is 1.55. The SMILES string of the molecule is CS[C@H]1OC(c2ccc(C)c(Cc3ccc(-c4ccc(CO)cc4)s3)c2)[C@H](O)[C@@H](O)[C@@H]1O. The predicted octanol–water partition coefficient (Wildman–Crippen LogP) is 3.65. The lowest BCUT2D eigenvalue weighted by Gasteiger charge is -2.40. The molecule has 4 N–H and O–H groups in total. The Labute approximate surface area is 196 Å². The molecule has 32 heavy (non-hydrogen) atoms. The fourth-order valence-electron chi connectivity index (χ4n) is 3.97. The molecular formula is C25H28O5S2. The Kier molecular flexibility index (Phi) is 7.37. The molecule has 1 unspecified atom stereocenters. The van der Waals surface area contributed by atoms with Crippen molar-refractivity contribution in [1.29, 1.82) is 0 Å². The molecule has 7 heteroatoms. The zero-order valence-corrected chi connectivity index (χ0v) is 19.6. The lowest BCUT2D eigenvalue weighted by molar-refractivity contribution is -0.200. The summed E-state index contributed by atoms with van der Waals surface area (Å²) in [4.78, 5) is 2.39. The molecule has 0 radical (unpaired) electrons. The maximum absolute atomic E-state index is 10.5. The molecule has 5 atom stereocenters. The van der Waals surface area contributed by atoms with E-state index in [9.17, 15) is 20.4 Å². The maximum Gasteiger partial charge on any atom is 0.132 e. The van der Waals surface area contributed by atoms with Gasteiger partial charge in [-0.3, -0.25) is 0 Å². The monoisotopic (exact) mass is 472 g/mol. The quantitative estimate of drug-likeness (QED) is 0.438. The Morgan fingerprint density at radius 1 is 0.938 bits per heavy atom. The maximum atomic E-state index is 10.5. The highest BCUT2D eigenvalue weighted by Gasteiger charge is 2.44. The minimum atomic E-state index is -1.26. The van der Waals surface area contributed by atoms with E-state index >= 15 is 0 Å². The van der Waals surface area contributed by atoms with E-state index < -0.39 is 29.9 Å². The lowest BCUT2D eigenvalue weighted by atomic mass is 9.92. The number of benzene rings is 2. The lowest BCUT2D eigenvalue weighted by Crippen LogP contribution is -2.52. The Bertz CT molecular complexity index is 1050. The van der Waals surface area contributed by atoms with Gasteiger partial charge in [-0.25, -0.2) is 0 Å². The van der Waals surface area contributed by atoms with Crippen LogP contribution in [0.25, 0.3) is 10.4 Å². The van der Waals surface area contributed by atoms with E-state index in [-0.39, 0.29) is 6.61 Å². The second kappa shape index (κ2) is 10.1. The zero-order valence-electron chi connectivity index (χ0n) is 18.0. The van der Waals surface area contributed by atoms with Crippen LogP contribution < -0.4 is 0 Å². The van der Waals surface area contributed by atoms with Crippen LogP contribution in [0.1, 0.15) is 33.2 Å². The van der Waals surface area contributed by atoms with Gasteiger partial charge >= 0.3 is 0 Å². The average Bonchev–Trinajstić information content (AvgIpc) is 3.28. The first-order valence-corrected chi connectivity index (χ1v) is 12.6. The summed E-state index contributed by atoms with van der Waals surface area (Å²) in [6.45, 7) is 2.10. The van der Waals surface area contributed by atoms with E-state index in [0.717, 1.165) is 34.2 Å². The van der Waals surface area contributed by atoms with Crippen molar-refractivity contribution in [2.75, 3.05) is 6.26 Å². The molecule has 1 saturated heterocycles. The van der Waals surface area contributed by atoms with Crippen LogP contribution in [0.5, 0.6) is 0 Å². The third kappa shape index (κ3) is 4.79. The molecule has 2 aromatic carbocycles. The van der Waals surface area contributed by atoms with Gasteiger partial charge in [0.25, 0.3) is 0 Å². The fraction of sp³-hybridized carbons (Fsp3) is 0.360. The predicted molar refractivity (Wildman–Crippen MR) is 129 cm³/mol. The van der Waals surface area contributed by atoms with E-state index in [1.165, 1.54) is 21.5 Å². The first kappa shape index (κ1) is 23.4. The van der Waals surface area contributed by atoms with Crippen molar-refractivity contribution in [1.82, 2.24) is 0 Å². The van der Waals surface area contributed by atoms with Gasteiger partial charge in [0.15, 0.2) is 0 Å². The van der Waals surface area contributed by atoms with E-state index in [2.05, 4.69) is 19.1 Å². The molecule has 3 aromatic rings. The summed E-state index contributed by atoms with van der Waals surface area (Å²) in [6, 6.07) is 18.1. The van der Waals surface area contributed by atoms with Crippen LogP contribution in [-0.4, -0.2) is 50.4 Å². The Morgan fingerprint density at radius 2 is 1.69 bits per heavy atom. The number of hydrogen-bond donors (Lipinski definition) is 4. The number of hydrogen-bond acceptors (Lipinski definition) is 7. The molecule has 1 aromatic heterocycles. The summed E-state index contributed by atoms with van der Waals surface area (Å²) in [5.74, 6) is 0. The summed E-state index contributed by atoms with van der Waals surface area (Å²) < 4.78 is 5.93. The number of aryl methyl sites for hydroxylation is 1. The minimum absolute atomic E-state index is 0.0403. The molecule has 1 fully saturated rings. The van der Waals surface area contributed by atoms with Gasteiger partial charge in [0, 0.05) is 16.2 Å². The van der Waals surface area contributed by atoms with Gasteiger partial charge in [0.1, 0.15) is 29.9 Å². The number of aliphatic hydroxyl groups excluding tert-OH is 4. The fourth-order valence-corrected chi connectivity index (χ4v) is 5.67. The van der Waals surface area contributed by atoms with E-state index in [1.807, 2.05) is 48.7 Å². The summed E-state index contributed by atoms with van der Waals surface area (Å²) in [5.41, 5.74) is 4.48. The molecule has 1 aliphatic heterocycles. The third-order valence-electron chi connectivity index (χ3n) is 5.95. The van der Waals surface area contributed by atoms with Crippen molar-refractivity contribution in [3.63, 3.8) is 0 Å². The van der Waals surface area contributed by atoms with Gasteiger partial charge in [-0.05, 0) is 53.1 Å². The molecule has 2 heterocycles. The number of thioether (sulfide) groups is 1. The first-order chi connectivity index (χ1) is 15.4. The molecule has 0 amide bonds. The van der Waals surface area contributed by atoms with Gasteiger partial charge in [-0.2, -0.15) is 0 Å². The molecule has 1 aliphatic rings. The molecule has 0 saturated carbocycles. The second-order valence-electron chi connectivity index (χ2n) is 8.12. The van der Waals surface area contributed by atoms with Crippen molar-refractivity contribution < 1.29 is 25.2 Å². The van der Waals surface area contributed by atoms with Crippen LogP contribution in [0.15, 0.2) is 54.6 Å². The molecule has 0 spiro atoms. The van der Waals surface area contributed by atoms with Gasteiger partial charge in [0.2, 0.25) is 0 Å². The van der Waals surface area contributed by atoms with Gasteiger partial charge < -0.3 is 25.2 Å². The number of ether oxygens (including phenoxy) is 1. The normalized spacial score (nSPS) is 25.8. The Hall–Kier alpha value is -1.71. The first-order valence-electron chi connectivity index (χ1n) is 10.5. The number of thiophene rings is 1. The average molecular weight is 473 g/mol. The summed E-state index contributed by atoms with van der Waals surface area (Å²) >= 11 is 3.05. The largest absolute Gasteiger partial charge is 0.392 e. The highest BCUT2D eigenvalue weighted by Crippen LogP contribution is 2.37. The molecule has 0 aliphatic carbocycles.